The first-order valence-electron chi connectivity index (χ1n) is 6.70. The van der Waals surface area contributed by atoms with E-state index < -0.39 is 49.8 Å². The number of nitriles is 1. The third kappa shape index (κ3) is 3.82. The first-order valence-corrected chi connectivity index (χ1v) is 8.36. The van der Waals surface area contributed by atoms with Crippen molar-refractivity contribution >= 4 is 9.84 Å². The van der Waals surface area contributed by atoms with Gasteiger partial charge in [0, 0.05) is 7.05 Å². The molecule has 2 rings (SSSR count). The Labute approximate surface area is 143 Å². The van der Waals surface area contributed by atoms with Crippen LogP contribution in [0.4, 0.5) is 26.3 Å². The molecule has 0 aliphatic rings. The molecule has 26 heavy (non-hydrogen) atoms. The highest BCUT2D eigenvalue weighted by Gasteiger charge is 2.41. The SMILES string of the molecule is Cn1nc(C(F)(F)F)c(C#N)c1S(=O)(=O)Cc1cccc(C(F)(F)F)c1. The summed E-state index contributed by atoms with van der Waals surface area (Å²) < 4.78 is 102. The zero-order valence-electron chi connectivity index (χ0n) is 12.9. The highest BCUT2D eigenvalue weighted by molar-refractivity contribution is 7.90. The highest BCUT2D eigenvalue weighted by atomic mass is 32.2. The van der Waals surface area contributed by atoms with Crippen molar-refractivity contribution in [1.82, 2.24) is 9.78 Å². The van der Waals surface area contributed by atoms with Gasteiger partial charge in [-0.05, 0) is 11.6 Å². The standard InChI is InChI=1S/C14H9F6N3O2S/c1-23-12(10(6-21)11(22-23)14(18,19)20)26(24,25)7-8-3-2-4-9(5-8)13(15,16)17/h2-5H,7H2,1H3. The quantitative estimate of drug-likeness (QED) is 0.745. The van der Waals surface area contributed by atoms with Gasteiger partial charge in [-0.1, -0.05) is 18.2 Å². The second-order valence-electron chi connectivity index (χ2n) is 5.22. The van der Waals surface area contributed by atoms with E-state index in [0.717, 1.165) is 31.3 Å². The number of aromatic nitrogens is 2. The molecule has 0 atom stereocenters. The average Bonchev–Trinajstić information content (AvgIpc) is 2.83. The zero-order valence-corrected chi connectivity index (χ0v) is 13.7. The minimum atomic E-state index is -5.06. The molecule has 5 nitrogen and oxygen atoms in total. The fourth-order valence-electron chi connectivity index (χ4n) is 2.29. The van der Waals surface area contributed by atoms with Crippen LogP contribution >= 0.6 is 0 Å². The van der Waals surface area contributed by atoms with Gasteiger partial charge in [0.1, 0.15) is 11.6 Å². The van der Waals surface area contributed by atoms with Crippen LogP contribution in [0.15, 0.2) is 29.3 Å². The number of aryl methyl sites for hydroxylation is 1. The lowest BCUT2D eigenvalue weighted by molar-refractivity contribution is -0.141. The van der Waals surface area contributed by atoms with E-state index in [1.54, 1.807) is 0 Å². The van der Waals surface area contributed by atoms with Crippen LogP contribution in [-0.2, 0) is 35.0 Å². The van der Waals surface area contributed by atoms with Crippen molar-refractivity contribution in [1.29, 1.82) is 5.26 Å². The Balaban J connectivity index is 2.54. The zero-order chi connectivity index (χ0) is 19.9. The summed E-state index contributed by atoms with van der Waals surface area (Å²) in [5.41, 5.74) is -4.28. The minimum Gasteiger partial charge on any atom is -0.255 e. The van der Waals surface area contributed by atoms with E-state index in [1.807, 2.05) is 0 Å². The largest absolute Gasteiger partial charge is 0.436 e. The third-order valence-corrected chi connectivity index (χ3v) is 5.05. The molecule has 0 radical (unpaired) electrons. The second-order valence-corrected chi connectivity index (χ2v) is 7.12. The molecule has 1 aromatic carbocycles. The summed E-state index contributed by atoms with van der Waals surface area (Å²) >= 11 is 0. The van der Waals surface area contributed by atoms with Crippen molar-refractivity contribution in [3.63, 3.8) is 0 Å². The molecule has 12 heteroatoms. The maximum Gasteiger partial charge on any atom is 0.436 e. The van der Waals surface area contributed by atoms with Crippen molar-refractivity contribution in [3.05, 3.63) is 46.6 Å². The molecule has 0 unspecified atom stereocenters. The maximum atomic E-state index is 12.9. The Kier molecular flexibility index (Phi) is 4.80. The number of hydrogen-bond acceptors (Lipinski definition) is 4. The fraction of sp³-hybridized carbons (Fsp3) is 0.286. The molecule has 1 aromatic heterocycles. The van der Waals surface area contributed by atoms with E-state index in [2.05, 4.69) is 5.10 Å². The molecule has 2 aromatic rings. The van der Waals surface area contributed by atoms with E-state index in [4.69, 9.17) is 5.26 Å². The molecule has 140 valence electrons. The lowest BCUT2D eigenvalue weighted by Crippen LogP contribution is -2.13. The number of rotatable bonds is 3. The Morgan fingerprint density at radius 2 is 1.77 bits per heavy atom. The van der Waals surface area contributed by atoms with Crippen LogP contribution < -0.4 is 0 Å². The molecule has 0 aliphatic carbocycles. The molecule has 0 N–H and O–H groups in total. The van der Waals surface area contributed by atoms with Gasteiger partial charge >= 0.3 is 12.4 Å². The molecule has 0 saturated carbocycles. The van der Waals surface area contributed by atoms with Crippen molar-refractivity contribution < 1.29 is 34.8 Å². The fourth-order valence-corrected chi connectivity index (χ4v) is 3.94. The summed E-state index contributed by atoms with van der Waals surface area (Å²) in [7, 11) is -3.68. The smallest absolute Gasteiger partial charge is 0.255 e. The molecule has 1 heterocycles. The third-order valence-electron chi connectivity index (χ3n) is 3.28. The topological polar surface area (TPSA) is 75.8 Å². The van der Waals surface area contributed by atoms with Gasteiger partial charge in [-0.15, -0.1) is 0 Å². The van der Waals surface area contributed by atoms with Crippen LogP contribution in [0, 0.1) is 11.3 Å². The Bertz CT molecular complexity index is 984. The van der Waals surface area contributed by atoms with E-state index in [0.29, 0.717) is 10.7 Å². The van der Waals surface area contributed by atoms with Gasteiger partial charge in [-0.2, -0.15) is 36.7 Å². The van der Waals surface area contributed by atoms with Crippen molar-refractivity contribution in [3.8, 4) is 6.07 Å². The van der Waals surface area contributed by atoms with Crippen molar-refractivity contribution in [2.75, 3.05) is 0 Å². The molecule has 0 fully saturated rings. The summed E-state index contributed by atoms with van der Waals surface area (Å²) in [5, 5.41) is 11.0. The van der Waals surface area contributed by atoms with Crippen LogP contribution in [0.5, 0.6) is 0 Å². The Morgan fingerprint density at radius 1 is 1.15 bits per heavy atom. The molecular formula is C14H9F6N3O2S. The number of benzene rings is 1. The van der Waals surface area contributed by atoms with Gasteiger partial charge in [0.2, 0.25) is 9.84 Å². The first kappa shape index (κ1) is 19.8. The van der Waals surface area contributed by atoms with E-state index in [-0.39, 0.29) is 5.56 Å². The Hall–Kier alpha value is -2.55. The number of sulfone groups is 1. The first-order chi connectivity index (χ1) is 11.8. The molecule has 0 amide bonds. The lowest BCUT2D eigenvalue weighted by Gasteiger charge is -2.09. The number of alkyl halides is 6. The van der Waals surface area contributed by atoms with Crippen LogP contribution in [0.1, 0.15) is 22.4 Å². The van der Waals surface area contributed by atoms with Crippen LogP contribution in [0.2, 0.25) is 0 Å². The van der Waals surface area contributed by atoms with E-state index >= 15 is 0 Å². The Morgan fingerprint density at radius 3 is 2.27 bits per heavy atom. The van der Waals surface area contributed by atoms with Gasteiger partial charge in [-0.25, -0.2) is 8.42 Å². The van der Waals surface area contributed by atoms with Gasteiger partial charge in [0.05, 0.1) is 11.3 Å². The van der Waals surface area contributed by atoms with E-state index in [9.17, 15) is 34.8 Å². The highest BCUT2D eigenvalue weighted by Crippen LogP contribution is 2.35. The number of hydrogen-bond donors (Lipinski definition) is 0. The molecule has 0 spiro atoms. The molecular weight excluding hydrogens is 388 g/mol. The monoisotopic (exact) mass is 397 g/mol. The normalized spacial score (nSPS) is 12.8. The minimum absolute atomic E-state index is 0.293. The van der Waals surface area contributed by atoms with Gasteiger partial charge in [-0.3, -0.25) is 4.68 Å². The molecule has 0 bridgehead atoms. The predicted octanol–water partition coefficient (Wildman–Crippen LogP) is 3.30. The summed E-state index contributed by atoms with van der Waals surface area (Å²) in [4.78, 5) is 0. The summed E-state index contributed by atoms with van der Waals surface area (Å²) in [5.74, 6) is -1.03. The summed E-state index contributed by atoms with van der Waals surface area (Å²) in [6.07, 6.45) is -9.78. The van der Waals surface area contributed by atoms with Crippen LogP contribution in [0.25, 0.3) is 0 Å². The maximum absolute atomic E-state index is 12.9. The van der Waals surface area contributed by atoms with Gasteiger partial charge in [0.25, 0.3) is 0 Å². The number of nitrogens with zero attached hydrogens (tertiary/aromatic N) is 3. The predicted molar refractivity (Wildman–Crippen MR) is 75.3 cm³/mol. The lowest BCUT2D eigenvalue weighted by atomic mass is 10.1. The second kappa shape index (κ2) is 6.31. The number of halogens is 6. The van der Waals surface area contributed by atoms with Gasteiger partial charge in [0.15, 0.2) is 10.7 Å². The average molecular weight is 397 g/mol. The summed E-state index contributed by atoms with van der Waals surface area (Å²) in [6.45, 7) is 0. The summed E-state index contributed by atoms with van der Waals surface area (Å²) in [6, 6.07) is 4.51. The molecule has 0 aliphatic heterocycles. The molecule has 0 saturated heterocycles. The van der Waals surface area contributed by atoms with Crippen LogP contribution in [0.3, 0.4) is 0 Å². The van der Waals surface area contributed by atoms with Crippen molar-refractivity contribution in [2.24, 2.45) is 7.05 Å². The van der Waals surface area contributed by atoms with Crippen molar-refractivity contribution in [2.45, 2.75) is 23.1 Å². The van der Waals surface area contributed by atoms with E-state index in [1.165, 1.54) is 0 Å². The van der Waals surface area contributed by atoms with Crippen LogP contribution in [-0.4, -0.2) is 18.2 Å². The van der Waals surface area contributed by atoms with Gasteiger partial charge < -0.3 is 0 Å².